The van der Waals surface area contributed by atoms with Gasteiger partial charge in [-0.3, -0.25) is 0 Å². The number of nitrogens with zero attached hydrogens (tertiary/aromatic N) is 7. The molecule has 0 amide bonds. The van der Waals surface area contributed by atoms with Crippen LogP contribution < -0.4 is 0 Å². The Morgan fingerprint density at radius 2 is 0.891 bits per heavy atom. The summed E-state index contributed by atoms with van der Waals surface area (Å²) in [6.07, 6.45) is 3.57. The Balaban J connectivity index is 0.843. The van der Waals surface area contributed by atoms with Crippen molar-refractivity contribution in [1.82, 2.24) is 34.5 Å². The van der Waals surface area contributed by atoms with Crippen molar-refractivity contribution in [3.63, 3.8) is 0 Å². The Hall–Kier alpha value is -8.88. The summed E-state index contributed by atoms with van der Waals surface area (Å²) >= 11 is 0. The third kappa shape index (κ3) is 6.00. The molecule has 0 N–H and O–H groups in total. The summed E-state index contributed by atoms with van der Waals surface area (Å²) in [6, 6.07) is 65.1. The largest absolute Gasteiger partial charge is 0.434 e. The van der Waals surface area contributed by atoms with Crippen molar-refractivity contribution >= 4 is 65.6 Å². The number of aromatic nitrogens is 7. The maximum Gasteiger partial charge on any atom is 0.229 e. The molecule has 5 aromatic heterocycles. The van der Waals surface area contributed by atoms with E-state index in [1.54, 1.807) is 6.20 Å². The van der Waals surface area contributed by atoms with Crippen LogP contribution in [0.3, 0.4) is 0 Å². The molecule has 8 aromatic carbocycles. The number of benzene rings is 8. The lowest BCUT2D eigenvalue weighted by Gasteiger charge is -2.11. The molecule has 0 bridgehead atoms. The summed E-state index contributed by atoms with van der Waals surface area (Å²) < 4.78 is 8.43. The Bertz CT molecular complexity index is 3900. The van der Waals surface area contributed by atoms with Crippen molar-refractivity contribution in [2.45, 2.75) is 0 Å². The van der Waals surface area contributed by atoms with Gasteiger partial charge in [-0.1, -0.05) is 127 Å². The van der Waals surface area contributed by atoms with Crippen molar-refractivity contribution in [3.8, 4) is 62.4 Å². The van der Waals surface area contributed by atoms with Gasteiger partial charge in [0.15, 0.2) is 28.9 Å². The van der Waals surface area contributed by atoms with Gasteiger partial charge in [-0.2, -0.15) is 0 Å². The second-order valence-electron chi connectivity index (χ2n) is 16.0. The molecule has 0 fully saturated rings. The molecule has 0 saturated carbocycles. The SMILES string of the molecule is c1ccc(-c2nc(-c3ccc(-c4cnc5oc6cnc(-c7ccc8cc9ccccc9cc8c7)nc6c5c4)cc3)nc(-c3ccc(-n4c5ccccc5c5ccccc54)cc3)n2)cc1. The van der Waals surface area contributed by atoms with Crippen LogP contribution in [0.25, 0.3) is 128 Å². The summed E-state index contributed by atoms with van der Waals surface area (Å²) in [6.45, 7) is 0. The van der Waals surface area contributed by atoms with Crippen LogP contribution in [0.1, 0.15) is 0 Å². The molecule has 298 valence electrons. The zero-order valence-electron chi connectivity index (χ0n) is 34.1. The minimum atomic E-state index is 0.515. The molecule has 0 spiro atoms. The van der Waals surface area contributed by atoms with Gasteiger partial charge in [0.05, 0.1) is 22.6 Å². The lowest BCUT2D eigenvalue weighted by atomic mass is 10.0. The molecule has 0 radical (unpaired) electrons. The smallest absolute Gasteiger partial charge is 0.229 e. The Morgan fingerprint density at radius 1 is 0.344 bits per heavy atom. The highest BCUT2D eigenvalue weighted by molar-refractivity contribution is 6.09. The van der Waals surface area contributed by atoms with Crippen LogP contribution in [-0.2, 0) is 0 Å². The standard InChI is InChI=1S/C56H33N7O/c1-2-10-35(11-3-1)53-60-54(62-55(61-53)37-24-26-44(27-25-37)63-48-16-8-6-14-45(48)46-15-7-9-17-49(46)63)36-20-18-34(19-21-36)43-31-47-51-50(64-56(47)58-32-43)33-57-52(59-51)41-23-22-40-28-38-12-4-5-13-39(38)29-42(40)30-41/h1-33H. The molecule has 5 heterocycles. The first kappa shape index (κ1) is 35.8. The van der Waals surface area contributed by atoms with Crippen LogP contribution in [-0.4, -0.2) is 34.5 Å². The predicted molar refractivity (Wildman–Crippen MR) is 257 cm³/mol. The van der Waals surface area contributed by atoms with E-state index >= 15 is 0 Å². The molecule has 0 aliphatic heterocycles. The minimum absolute atomic E-state index is 0.515. The molecule has 13 aromatic rings. The molecule has 64 heavy (non-hydrogen) atoms. The fraction of sp³-hybridized carbons (Fsp3) is 0. The molecule has 0 aliphatic carbocycles. The first-order valence-corrected chi connectivity index (χ1v) is 21.2. The Labute approximate surface area is 365 Å². The fourth-order valence-electron chi connectivity index (χ4n) is 8.94. The average Bonchev–Trinajstić information content (AvgIpc) is 3.91. The maximum atomic E-state index is 6.12. The minimum Gasteiger partial charge on any atom is -0.434 e. The van der Waals surface area contributed by atoms with E-state index in [9.17, 15) is 0 Å². The molecule has 0 atom stereocenters. The van der Waals surface area contributed by atoms with Crippen LogP contribution in [0, 0.1) is 0 Å². The van der Waals surface area contributed by atoms with E-state index in [1.807, 2.05) is 36.5 Å². The predicted octanol–water partition coefficient (Wildman–Crippen LogP) is 13.7. The molecule has 0 unspecified atom stereocenters. The zero-order chi connectivity index (χ0) is 42.1. The normalized spacial score (nSPS) is 11.8. The second kappa shape index (κ2) is 14.4. The van der Waals surface area contributed by atoms with E-state index in [1.165, 1.54) is 26.9 Å². The number of para-hydroxylation sites is 2. The van der Waals surface area contributed by atoms with Gasteiger partial charge in [0.1, 0.15) is 5.52 Å². The fourth-order valence-corrected chi connectivity index (χ4v) is 8.94. The van der Waals surface area contributed by atoms with Crippen molar-refractivity contribution in [1.29, 1.82) is 0 Å². The van der Waals surface area contributed by atoms with E-state index in [0.29, 0.717) is 34.6 Å². The Morgan fingerprint density at radius 3 is 1.58 bits per heavy atom. The Kier molecular flexibility index (Phi) is 8.04. The first-order chi connectivity index (χ1) is 31.7. The number of hydrogen-bond acceptors (Lipinski definition) is 7. The lowest BCUT2D eigenvalue weighted by molar-refractivity contribution is 0.651. The highest BCUT2D eigenvalue weighted by atomic mass is 16.3. The summed E-state index contributed by atoms with van der Waals surface area (Å²) in [4.78, 5) is 29.5. The molecular weight excluding hydrogens is 787 g/mol. The average molecular weight is 820 g/mol. The number of hydrogen-bond donors (Lipinski definition) is 0. The van der Waals surface area contributed by atoms with Gasteiger partial charge in [-0.05, 0) is 87.8 Å². The second-order valence-corrected chi connectivity index (χ2v) is 16.0. The third-order valence-electron chi connectivity index (χ3n) is 12.1. The van der Waals surface area contributed by atoms with Crippen LogP contribution in [0.5, 0.6) is 0 Å². The summed E-state index contributed by atoms with van der Waals surface area (Å²) in [7, 11) is 0. The van der Waals surface area contributed by atoms with Crippen LogP contribution in [0.15, 0.2) is 205 Å². The number of furan rings is 1. The van der Waals surface area contributed by atoms with Crippen molar-refractivity contribution in [2.75, 3.05) is 0 Å². The van der Waals surface area contributed by atoms with Crippen LogP contribution >= 0.6 is 0 Å². The third-order valence-corrected chi connectivity index (χ3v) is 12.1. The van der Waals surface area contributed by atoms with Gasteiger partial charge in [0, 0.05) is 50.5 Å². The molecule has 0 saturated heterocycles. The van der Waals surface area contributed by atoms with Crippen molar-refractivity contribution < 1.29 is 4.42 Å². The topological polar surface area (TPSA) is 95.4 Å². The van der Waals surface area contributed by atoms with Crippen molar-refractivity contribution in [2.24, 2.45) is 0 Å². The van der Waals surface area contributed by atoms with Gasteiger partial charge < -0.3 is 8.98 Å². The summed E-state index contributed by atoms with van der Waals surface area (Å²) in [5.74, 6) is 2.42. The summed E-state index contributed by atoms with van der Waals surface area (Å²) in [5.41, 5.74) is 10.8. The molecule has 13 rings (SSSR count). The maximum absolute atomic E-state index is 6.12. The monoisotopic (exact) mass is 819 g/mol. The van der Waals surface area contributed by atoms with Crippen LogP contribution in [0.2, 0.25) is 0 Å². The number of rotatable bonds is 6. The van der Waals surface area contributed by atoms with E-state index in [4.69, 9.17) is 34.3 Å². The van der Waals surface area contributed by atoms with E-state index < -0.39 is 0 Å². The zero-order valence-corrected chi connectivity index (χ0v) is 34.1. The molecule has 0 aliphatic rings. The van der Waals surface area contributed by atoms with Gasteiger partial charge in [-0.25, -0.2) is 29.9 Å². The van der Waals surface area contributed by atoms with Gasteiger partial charge in [-0.15, -0.1) is 0 Å². The highest BCUT2D eigenvalue weighted by Gasteiger charge is 2.17. The van der Waals surface area contributed by atoms with Crippen LogP contribution in [0.4, 0.5) is 0 Å². The summed E-state index contributed by atoms with van der Waals surface area (Å²) in [5, 5.41) is 8.00. The van der Waals surface area contributed by atoms with E-state index in [0.717, 1.165) is 66.4 Å². The van der Waals surface area contributed by atoms with E-state index in [2.05, 4.69) is 162 Å². The molecular formula is C56H33N7O. The van der Waals surface area contributed by atoms with E-state index in [-0.39, 0.29) is 0 Å². The first-order valence-electron chi connectivity index (χ1n) is 21.2. The quantitative estimate of drug-likeness (QED) is 0.154. The van der Waals surface area contributed by atoms with Gasteiger partial charge in [0.25, 0.3) is 0 Å². The van der Waals surface area contributed by atoms with Gasteiger partial charge >= 0.3 is 0 Å². The number of pyridine rings is 1. The highest BCUT2D eigenvalue weighted by Crippen LogP contribution is 2.35. The molecule has 8 nitrogen and oxygen atoms in total. The van der Waals surface area contributed by atoms with Crippen molar-refractivity contribution in [3.05, 3.63) is 200 Å². The lowest BCUT2D eigenvalue weighted by Crippen LogP contribution is -2.00. The van der Waals surface area contributed by atoms with Gasteiger partial charge in [0.2, 0.25) is 5.71 Å². The number of fused-ring (bicyclic) bond motifs is 8. The molecule has 8 heteroatoms.